The first-order valence-electron chi connectivity index (χ1n) is 17.4. The molecule has 0 spiro atoms. The minimum absolute atomic E-state index is 0.145. The van der Waals surface area contributed by atoms with Gasteiger partial charge in [-0.05, 0) is 78.4 Å². The van der Waals surface area contributed by atoms with Gasteiger partial charge in [0.05, 0.1) is 25.4 Å². The fraction of sp³-hybridized carbons (Fsp3) is 0.632. The largest absolute Gasteiger partial charge is 0.444 e. The molecule has 2 N–H and O–H groups in total. The van der Waals surface area contributed by atoms with E-state index < -0.39 is 60.3 Å². The van der Waals surface area contributed by atoms with E-state index in [1.807, 2.05) is 12.1 Å². The third-order valence-electron chi connectivity index (χ3n) is 8.10. The highest BCUT2D eigenvalue weighted by Gasteiger charge is 2.35. The van der Waals surface area contributed by atoms with Gasteiger partial charge in [0.15, 0.2) is 0 Å². The third kappa shape index (κ3) is 15.2. The molecule has 2 aliphatic carbocycles. The zero-order valence-electron chi connectivity index (χ0n) is 30.0. The standard InChI is InChI=1S/2C19H27F2NO3/c2*1-19(2,3)25-18(23)22-14-9-10-17(15(20)11-14)24-12-16(21)13-7-5-4-6-8-13/h2*4-8,14-17H,9-12H2,1-3H3,(H,22,23)/t14-,15-,16+,17-;14-,15-,16-,17-/m00/s1. The summed E-state index contributed by atoms with van der Waals surface area (Å²) >= 11 is 0. The highest BCUT2D eigenvalue weighted by atomic mass is 19.1. The van der Waals surface area contributed by atoms with Crippen LogP contribution in [-0.2, 0) is 18.9 Å². The molecule has 12 heteroatoms. The van der Waals surface area contributed by atoms with Crippen molar-refractivity contribution in [2.75, 3.05) is 13.2 Å². The van der Waals surface area contributed by atoms with Gasteiger partial charge in [0.2, 0.25) is 0 Å². The Bertz CT molecular complexity index is 1190. The van der Waals surface area contributed by atoms with E-state index in [9.17, 15) is 27.2 Å². The first-order chi connectivity index (χ1) is 23.5. The Balaban J connectivity index is 0.000000270. The molecule has 0 heterocycles. The number of alkyl carbamates (subject to hydrolysis) is 2. The van der Waals surface area contributed by atoms with Crippen molar-refractivity contribution in [2.24, 2.45) is 0 Å². The van der Waals surface area contributed by atoms with Crippen molar-refractivity contribution in [3.63, 3.8) is 0 Å². The van der Waals surface area contributed by atoms with Gasteiger partial charge < -0.3 is 29.6 Å². The summed E-state index contributed by atoms with van der Waals surface area (Å²) < 4.78 is 78.1. The number of nitrogens with one attached hydrogen (secondary N) is 2. The van der Waals surface area contributed by atoms with Crippen LogP contribution in [0.1, 0.15) is 104 Å². The van der Waals surface area contributed by atoms with Crippen molar-refractivity contribution < 1.29 is 46.1 Å². The van der Waals surface area contributed by atoms with Gasteiger partial charge in [-0.3, -0.25) is 0 Å². The fourth-order valence-corrected chi connectivity index (χ4v) is 5.69. The fourth-order valence-electron chi connectivity index (χ4n) is 5.69. The van der Waals surface area contributed by atoms with Gasteiger partial charge in [-0.15, -0.1) is 0 Å². The maximum atomic E-state index is 14.3. The summed E-state index contributed by atoms with van der Waals surface area (Å²) in [6.07, 6.45) is -5.08. The Morgan fingerprint density at radius 3 is 1.28 bits per heavy atom. The Hall–Kier alpha value is -3.38. The van der Waals surface area contributed by atoms with Crippen molar-refractivity contribution in [1.82, 2.24) is 10.6 Å². The van der Waals surface area contributed by atoms with E-state index in [0.717, 1.165) is 0 Å². The number of rotatable bonds is 10. The number of amides is 2. The molecule has 280 valence electrons. The summed E-state index contributed by atoms with van der Waals surface area (Å²) in [5.41, 5.74) is -0.128. The van der Waals surface area contributed by atoms with Crippen LogP contribution in [0.5, 0.6) is 0 Å². The number of alkyl halides is 4. The Kier molecular flexibility index (Phi) is 15.8. The lowest BCUT2D eigenvalue weighted by Gasteiger charge is -2.32. The lowest BCUT2D eigenvalue weighted by Crippen LogP contribution is -2.45. The first-order valence-corrected chi connectivity index (χ1v) is 17.4. The quantitative estimate of drug-likeness (QED) is 0.239. The number of benzene rings is 2. The third-order valence-corrected chi connectivity index (χ3v) is 8.10. The van der Waals surface area contributed by atoms with Gasteiger partial charge >= 0.3 is 12.2 Å². The van der Waals surface area contributed by atoms with Crippen LogP contribution in [0.3, 0.4) is 0 Å². The smallest absolute Gasteiger partial charge is 0.407 e. The number of halogens is 4. The van der Waals surface area contributed by atoms with Crippen LogP contribution in [-0.4, -0.2) is 73.2 Å². The number of carbonyl (C=O) groups is 2. The van der Waals surface area contributed by atoms with Crippen LogP contribution in [0, 0.1) is 0 Å². The van der Waals surface area contributed by atoms with E-state index >= 15 is 0 Å². The second kappa shape index (κ2) is 19.3. The van der Waals surface area contributed by atoms with E-state index in [0.29, 0.717) is 36.8 Å². The summed E-state index contributed by atoms with van der Waals surface area (Å²) in [6, 6.07) is 16.8. The van der Waals surface area contributed by atoms with Crippen molar-refractivity contribution in [3.05, 3.63) is 71.8 Å². The number of hydrogen-bond acceptors (Lipinski definition) is 6. The van der Waals surface area contributed by atoms with Crippen LogP contribution >= 0.6 is 0 Å². The zero-order chi connectivity index (χ0) is 36.9. The van der Waals surface area contributed by atoms with Gasteiger partial charge in [0, 0.05) is 24.9 Å². The first kappa shape index (κ1) is 41.0. The van der Waals surface area contributed by atoms with E-state index in [2.05, 4.69) is 10.6 Å². The van der Waals surface area contributed by atoms with Gasteiger partial charge in [0.25, 0.3) is 0 Å². The van der Waals surface area contributed by atoms with Crippen LogP contribution < -0.4 is 10.6 Å². The average Bonchev–Trinajstić information content (AvgIpc) is 3.03. The lowest BCUT2D eigenvalue weighted by atomic mass is 9.91. The predicted octanol–water partition coefficient (Wildman–Crippen LogP) is 9.00. The van der Waals surface area contributed by atoms with Crippen LogP contribution in [0.15, 0.2) is 60.7 Å². The Morgan fingerprint density at radius 1 is 0.640 bits per heavy atom. The highest BCUT2D eigenvalue weighted by molar-refractivity contribution is 5.68. The predicted molar refractivity (Wildman–Crippen MR) is 184 cm³/mol. The lowest BCUT2D eigenvalue weighted by molar-refractivity contribution is -0.0494. The molecule has 0 unspecified atom stereocenters. The molecular weight excluding hydrogens is 656 g/mol. The molecule has 50 heavy (non-hydrogen) atoms. The molecular formula is C38H54F4N2O6. The van der Waals surface area contributed by atoms with Crippen molar-refractivity contribution in [2.45, 2.75) is 140 Å². The highest BCUT2D eigenvalue weighted by Crippen LogP contribution is 2.28. The van der Waals surface area contributed by atoms with Crippen molar-refractivity contribution in [1.29, 1.82) is 0 Å². The molecule has 2 aromatic rings. The maximum absolute atomic E-state index is 14.3. The van der Waals surface area contributed by atoms with Crippen molar-refractivity contribution in [3.8, 4) is 0 Å². The topological polar surface area (TPSA) is 95.1 Å². The molecule has 0 aliphatic heterocycles. The van der Waals surface area contributed by atoms with Crippen molar-refractivity contribution >= 4 is 12.2 Å². The molecule has 2 amide bonds. The molecule has 8 nitrogen and oxygen atoms in total. The second-order valence-electron chi connectivity index (χ2n) is 14.8. The van der Waals surface area contributed by atoms with Gasteiger partial charge in [-0.1, -0.05) is 60.7 Å². The molecule has 0 aromatic heterocycles. The molecule has 0 bridgehead atoms. The maximum Gasteiger partial charge on any atom is 0.407 e. The summed E-state index contributed by atoms with van der Waals surface area (Å²) in [4.78, 5) is 23.5. The van der Waals surface area contributed by atoms with E-state index in [1.165, 1.54) is 0 Å². The number of hydrogen-bond donors (Lipinski definition) is 2. The van der Waals surface area contributed by atoms with Gasteiger partial charge in [0.1, 0.15) is 35.9 Å². The van der Waals surface area contributed by atoms with E-state index in [1.54, 1.807) is 90.1 Å². The van der Waals surface area contributed by atoms with Gasteiger partial charge in [-0.2, -0.15) is 0 Å². The monoisotopic (exact) mass is 710 g/mol. The Labute approximate surface area is 294 Å². The molecule has 4 rings (SSSR count). The average molecular weight is 711 g/mol. The minimum Gasteiger partial charge on any atom is -0.444 e. The molecule has 8 atom stereocenters. The minimum atomic E-state index is -1.27. The van der Waals surface area contributed by atoms with Crippen LogP contribution in [0.25, 0.3) is 0 Å². The normalized spacial score (nSPS) is 25.2. The van der Waals surface area contributed by atoms with E-state index in [-0.39, 0.29) is 38.1 Å². The SMILES string of the molecule is CC(C)(C)OC(=O)N[C@H]1CC[C@H](OC[C@@H](F)c2ccccc2)[C@@H](F)C1.CC(C)(C)OC(=O)N[C@H]1CC[C@H](OC[C@H](F)c2ccccc2)[C@@H](F)C1. The molecule has 2 saturated carbocycles. The molecule has 2 aliphatic rings. The molecule has 2 aromatic carbocycles. The zero-order valence-corrected chi connectivity index (χ0v) is 30.0. The molecule has 0 radical (unpaired) electrons. The second-order valence-corrected chi connectivity index (χ2v) is 14.8. The summed E-state index contributed by atoms with van der Waals surface area (Å²) in [5.74, 6) is 0. The van der Waals surface area contributed by atoms with Crippen LogP contribution in [0.4, 0.5) is 27.2 Å². The Morgan fingerprint density at radius 2 is 0.980 bits per heavy atom. The molecule has 2 fully saturated rings. The van der Waals surface area contributed by atoms with Crippen LogP contribution in [0.2, 0.25) is 0 Å². The summed E-state index contributed by atoms with van der Waals surface area (Å²) in [5, 5.41) is 5.37. The number of carbonyl (C=O) groups excluding carboxylic acids is 2. The van der Waals surface area contributed by atoms with E-state index in [4.69, 9.17) is 18.9 Å². The van der Waals surface area contributed by atoms with Gasteiger partial charge in [-0.25, -0.2) is 27.2 Å². The number of ether oxygens (including phenoxy) is 4. The summed E-state index contributed by atoms with van der Waals surface area (Å²) in [7, 11) is 0. The molecule has 0 saturated heterocycles. The summed E-state index contributed by atoms with van der Waals surface area (Å²) in [6.45, 7) is 10.3.